The molecule has 1 aromatic rings. The molecule has 3 nitrogen and oxygen atoms in total. The zero-order valence-electron chi connectivity index (χ0n) is 14.1. The summed E-state index contributed by atoms with van der Waals surface area (Å²) in [4.78, 5) is 0.398. The monoisotopic (exact) mass is 392 g/mol. The number of epoxide rings is 1. The van der Waals surface area contributed by atoms with Crippen molar-refractivity contribution in [2.75, 3.05) is 19.8 Å². The summed E-state index contributed by atoms with van der Waals surface area (Å²) < 4.78 is 20.2. The molecular formula is C20H24O3Se. The summed E-state index contributed by atoms with van der Waals surface area (Å²) in [5, 5.41) is 0. The first-order valence-electron chi connectivity index (χ1n) is 9.00. The van der Waals surface area contributed by atoms with E-state index in [1.807, 2.05) is 0 Å². The number of benzene rings is 1. The van der Waals surface area contributed by atoms with Gasteiger partial charge in [0, 0.05) is 0 Å². The van der Waals surface area contributed by atoms with Gasteiger partial charge in [-0.25, -0.2) is 0 Å². The molecule has 4 aliphatic rings. The van der Waals surface area contributed by atoms with Gasteiger partial charge in [-0.3, -0.25) is 0 Å². The third-order valence-corrected chi connectivity index (χ3v) is 9.00. The maximum atomic E-state index is 6.54. The first-order chi connectivity index (χ1) is 11.7. The molecule has 4 atom stereocenters. The minimum absolute atomic E-state index is 0.0156. The summed E-state index contributed by atoms with van der Waals surface area (Å²) >= 11 is 0.310. The van der Waals surface area contributed by atoms with Crippen molar-refractivity contribution in [1.82, 2.24) is 0 Å². The van der Waals surface area contributed by atoms with Crippen LogP contribution in [0.15, 0.2) is 42.0 Å². The Bertz CT molecular complexity index is 652. The normalized spacial score (nSPS) is 40.5. The molecule has 0 N–H and O–H groups in total. The Morgan fingerprint density at radius 2 is 2.04 bits per heavy atom. The Hall–Kier alpha value is -0.641. The standard InChI is InChI=1S/C20H24O3Se/c1-14-9-19(17-12-21-17)13-23-20(10-14,22-11-15-7-8-15)18(19)24-16-5-3-2-4-6-16/h2-6,9,15,17-18H,7-8,10-13H2,1H3/t17-,18+,19+,20+/m1/s1. The molecule has 4 heteroatoms. The maximum absolute atomic E-state index is 6.54. The van der Waals surface area contributed by atoms with E-state index in [0.717, 1.165) is 32.2 Å². The van der Waals surface area contributed by atoms with Crippen LogP contribution in [-0.2, 0) is 14.2 Å². The molecule has 2 aliphatic carbocycles. The van der Waals surface area contributed by atoms with Crippen LogP contribution >= 0.6 is 0 Å². The predicted molar refractivity (Wildman–Crippen MR) is 93.5 cm³/mol. The molecule has 5 rings (SSSR count). The average Bonchev–Trinajstić information content (AvgIpc) is 3.48. The molecule has 24 heavy (non-hydrogen) atoms. The van der Waals surface area contributed by atoms with Crippen LogP contribution in [-0.4, -0.2) is 46.7 Å². The van der Waals surface area contributed by atoms with E-state index in [0.29, 0.717) is 25.9 Å². The van der Waals surface area contributed by atoms with E-state index in [9.17, 15) is 0 Å². The summed E-state index contributed by atoms with van der Waals surface area (Å²) in [5.41, 5.74) is 1.42. The molecule has 0 unspecified atom stereocenters. The fraction of sp³-hybridized carbons (Fsp3) is 0.600. The molecule has 0 radical (unpaired) electrons. The van der Waals surface area contributed by atoms with Crippen LogP contribution in [0.25, 0.3) is 0 Å². The SMILES string of the molecule is CC1=C[C@@]2([C@H]3CO3)CO[C@@](OCC3CC3)(C1)[C@H]2[Se]c1ccccc1. The van der Waals surface area contributed by atoms with Crippen LogP contribution in [0.2, 0.25) is 4.82 Å². The minimum atomic E-state index is -0.427. The summed E-state index contributed by atoms with van der Waals surface area (Å²) in [5.74, 6) is 0.328. The number of fused-ring (bicyclic) bond motifs is 2. The van der Waals surface area contributed by atoms with E-state index >= 15 is 0 Å². The molecule has 2 heterocycles. The first kappa shape index (κ1) is 15.6. The van der Waals surface area contributed by atoms with Crippen molar-refractivity contribution in [2.24, 2.45) is 11.3 Å². The average molecular weight is 391 g/mol. The van der Waals surface area contributed by atoms with E-state index in [-0.39, 0.29) is 5.41 Å². The van der Waals surface area contributed by atoms with E-state index in [2.05, 4.69) is 43.3 Å². The predicted octanol–water partition coefficient (Wildman–Crippen LogP) is 2.69. The van der Waals surface area contributed by atoms with Gasteiger partial charge in [0.1, 0.15) is 0 Å². The second-order valence-corrected chi connectivity index (χ2v) is 10.2. The quantitative estimate of drug-likeness (QED) is 0.425. The van der Waals surface area contributed by atoms with Gasteiger partial charge in [0.05, 0.1) is 0 Å². The van der Waals surface area contributed by atoms with Crippen molar-refractivity contribution in [3.05, 3.63) is 42.0 Å². The van der Waals surface area contributed by atoms with E-state index in [1.165, 1.54) is 22.9 Å². The molecule has 2 saturated heterocycles. The Morgan fingerprint density at radius 3 is 2.75 bits per heavy atom. The Morgan fingerprint density at radius 1 is 1.25 bits per heavy atom. The second kappa shape index (κ2) is 5.69. The van der Waals surface area contributed by atoms with Gasteiger partial charge in [0.15, 0.2) is 0 Å². The van der Waals surface area contributed by atoms with Gasteiger partial charge in [-0.1, -0.05) is 0 Å². The number of hydrogen-bond acceptors (Lipinski definition) is 3. The van der Waals surface area contributed by atoms with Gasteiger partial charge in [0.2, 0.25) is 0 Å². The van der Waals surface area contributed by atoms with Crippen LogP contribution in [0.5, 0.6) is 0 Å². The fourth-order valence-corrected chi connectivity index (χ4v) is 7.36. The van der Waals surface area contributed by atoms with Crippen molar-refractivity contribution >= 4 is 19.4 Å². The van der Waals surface area contributed by atoms with Gasteiger partial charge < -0.3 is 0 Å². The van der Waals surface area contributed by atoms with E-state index in [4.69, 9.17) is 14.2 Å². The fourth-order valence-electron chi connectivity index (χ4n) is 4.23. The third-order valence-electron chi connectivity index (χ3n) is 5.68. The number of ether oxygens (including phenoxy) is 3. The molecule has 1 saturated carbocycles. The molecule has 2 bridgehead atoms. The van der Waals surface area contributed by atoms with Crippen LogP contribution in [0.4, 0.5) is 0 Å². The Balaban J connectivity index is 1.50. The summed E-state index contributed by atoms with van der Waals surface area (Å²) in [6.07, 6.45) is 6.32. The number of hydrogen-bond donors (Lipinski definition) is 0. The molecule has 0 aromatic heterocycles. The number of rotatable bonds is 6. The summed E-state index contributed by atoms with van der Waals surface area (Å²) in [7, 11) is 0. The van der Waals surface area contributed by atoms with Crippen molar-refractivity contribution in [1.29, 1.82) is 0 Å². The van der Waals surface area contributed by atoms with Gasteiger partial charge in [-0.15, -0.1) is 0 Å². The van der Waals surface area contributed by atoms with E-state index < -0.39 is 5.79 Å². The van der Waals surface area contributed by atoms with Gasteiger partial charge >= 0.3 is 150 Å². The van der Waals surface area contributed by atoms with Crippen molar-refractivity contribution in [2.45, 2.75) is 42.9 Å². The second-order valence-electron chi connectivity index (χ2n) is 7.77. The molecular weight excluding hydrogens is 367 g/mol. The topological polar surface area (TPSA) is 31.0 Å². The molecule has 128 valence electrons. The Labute approximate surface area is 149 Å². The molecule has 2 aliphatic heterocycles. The zero-order valence-corrected chi connectivity index (χ0v) is 15.8. The molecule has 0 spiro atoms. The van der Waals surface area contributed by atoms with Crippen molar-refractivity contribution < 1.29 is 14.2 Å². The molecule has 1 aromatic carbocycles. The first-order valence-corrected chi connectivity index (χ1v) is 10.8. The zero-order chi connectivity index (χ0) is 16.2. The Kier molecular flexibility index (Phi) is 3.70. The van der Waals surface area contributed by atoms with Gasteiger partial charge in [-0.05, 0) is 0 Å². The molecule has 0 amide bonds. The third kappa shape index (κ3) is 2.60. The molecule has 3 fully saturated rings. The van der Waals surface area contributed by atoms with Crippen LogP contribution in [0.1, 0.15) is 26.2 Å². The van der Waals surface area contributed by atoms with Crippen LogP contribution in [0, 0.1) is 11.3 Å². The summed E-state index contributed by atoms with van der Waals surface area (Å²) in [6, 6.07) is 10.9. The van der Waals surface area contributed by atoms with E-state index in [1.54, 1.807) is 0 Å². The van der Waals surface area contributed by atoms with Crippen molar-refractivity contribution in [3.8, 4) is 0 Å². The van der Waals surface area contributed by atoms with Crippen LogP contribution in [0.3, 0.4) is 0 Å². The van der Waals surface area contributed by atoms with Crippen molar-refractivity contribution in [3.63, 3.8) is 0 Å². The van der Waals surface area contributed by atoms with Crippen LogP contribution < -0.4 is 4.46 Å². The van der Waals surface area contributed by atoms with Gasteiger partial charge in [0.25, 0.3) is 0 Å². The van der Waals surface area contributed by atoms with Gasteiger partial charge in [-0.2, -0.15) is 0 Å². The summed E-state index contributed by atoms with van der Waals surface area (Å²) in [6.45, 7) is 4.70.